The van der Waals surface area contributed by atoms with Crippen molar-refractivity contribution in [3.05, 3.63) is 21.3 Å². The van der Waals surface area contributed by atoms with E-state index in [2.05, 4.69) is 17.6 Å². The van der Waals surface area contributed by atoms with Gasteiger partial charge in [-0.2, -0.15) is 0 Å². The van der Waals surface area contributed by atoms with Crippen molar-refractivity contribution in [2.45, 2.75) is 19.9 Å². The molecule has 0 fully saturated rings. The third-order valence-electron chi connectivity index (χ3n) is 1.71. The number of thiocarbonyl (C=S) groups is 1. The van der Waals surface area contributed by atoms with Crippen molar-refractivity contribution in [3.63, 3.8) is 0 Å². The molecule has 5 heteroatoms. The molecule has 2 nitrogen and oxygen atoms in total. The van der Waals surface area contributed by atoms with Gasteiger partial charge in [-0.15, -0.1) is 11.3 Å². The minimum absolute atomic E-state index is 0.207. The first kappa shape index (κ1) is 11.8. The largest absolute Gasteiger partial charge is 0.363 e. The number of rotatable bonds is 3. The summed E-state index contributed by atoms with van der Waals surface area (Å²) < 4.78 is 0.808. The maximum absolute atomic E-state index is 5.84. The van der Waals surface area contributed by atoms with Gasteiger partial charge in [0, 0.05) is 11.4 Å². The highest BCUT2D eigenvalue weighted by Crippen LogP contribution is 2.26. The van der Waals surface area contributed by atoms with Crippen LogP contribution in [0.3, 0.4) is 0 Å². The van der Waals surface area contributed by atoms with Gasteiger partial charge in [0.1, 0.15) is 0 Å². The van der Waals surface area contributed by atoms with Crippen LogP contribution in [0.4, 0.5) is 0 Å². The van der Waals surface area contributed by atoms with Gasteiger partial charge < -0.3 is 10.6 Å². The predicted molar refractivity (Wildman–Crippen MR) is 67.2 cm³/mol. The van der Waals surface area contributed by atoms with E-state index in [1.807, 2.05) is 19.1 Å². The molecule has 78 valence electrons. The van der Waals surface area contributed by atoms with Crippen LogP contribution in [0.25, 0.3) is 0 Å². The van der Waals surface area contributed by atoms with Gasteiger partial charge in [0.25, 0.3) is 0 Å². The summed E-state index contributed by atoms with van der Waals surface area (Å²) in [6, 6.07) is 4.12. The molecule has 0 saturated carbocycles. The molecule has 1 atom stereocenters. The second-order valence-corrected chi connectivity index (χ2v) is 5.02. The van der Waals surface area contributed by atoms with Gasteiger partial charge in [-0.1, -0.05) is 11.6 Å². The lowest BCUT2D eigenvalue weighted by atomic mass is 10.3. The fraction of sp³-hybridized carbons (Fsp3) is 0.444. The topological polar surface area (TPSA) is 24.1 Å². The van der Waals surface area contributed by atoms with E-state index in [0.717, 1.165) is 10.9 Å². The average Bonchev–Trinajstić information content (AvgIpc) is 2.52. The van der Waals surface area contributed by atoms with E-state index in [1.165, 1.54) is 4.88 Å². The summed E-state index contributed by atoms with van der Waals surface area (Å²) >= 11 is 12.5. The minimum Gasteiger partial charge on any atom is -0.363 e. The van der Waals surface area contributed by atoms with Gasteiger partial charge in [0.05, 0.1) is 10.4 Å². The van der Waals surface area contributed by atoms with E-state index >= 15 is 0 Å². The van der Waals surface area contributed by atoms with E-state index in [0.29, 0.717) is 5.11 Å². The molecule has 1 heterocycles. The smallest absolute Gasteiger partial charge is 0.166 e. The van der Waals surface area contributed by atoms with Crippen molar-refractivity contribution in [2.75, 3.05) is 6.54 Å². The molecule has 0 aliphatic carbocycles. The highest BCUT2D eigenvalue weighted by Gasteiger charge is 2.08. The fourth-order valence-electron chi connectivity index (χ4n) is 1.04. The summed E-state index contributed by atoms with van der Waals surface area (Å²) in [5.41, 5.74) is 0. The van der Waals surface area contributed by atoms with Crippen LogP contribution >= 0.6 is 35.2 Å². The van der Waals surface area contributed by atoms with E-state index in [9.17, 15) is 0 Å². The first-order valence-electron chi connectivity index (χ1n) is 4.43. The first-order valence-corrected chi connectivity index (χ1v) is 6.03. The second-order valence-electron chi connectivity index (χ2n) is 2.87. The summed E-state index contributed by atoms with van der Waals surface area (Å²) in [5, 5.41) is 6.91. The molecule has 14 heavy (non-hydrogen) atoms. The Morgan fingerprint density at radius 1 is 1.64 bits per heavy atom. The lowest BCUT2D eigenvalue weighted by Crippen LogP contribution is -2.36. The van der Waals surface area contributed by atoms with Crippen molar-refractivity contribution in [1.29, 1.82) is 0 Å². The molecule has 1 aromatic rings. The molecule has 0 spiro atoms. The van der Waals surface area contributed by atoms with Crippen molar-refractivity contribution < 1.29 is 0 Å². The maximum Gasteiger partial charge on any atom is 0.166 e. The molecule has 1 rings (SSSR count). The Morgan fingerprint density at radius 2 is 2.36 bits per heavy atom. The van der Waals surface area contributed by atoms with Crippen LogP contribution in [0.2, 0.25) is 4.34 Å². The van der Waals surface area contributed by atoms with Gasteiger partial charge in [-0.05, 0) is 38.2 Å². The van der Waals surface area contributed by atoms with E-state index in [4.69, 9.17) is 23.8 Å². The molecular weight excluding hydrogens is 236 g/mol. The molecule has 0 radical (unpaired) electrons. The Labute approximate surface area is 98.7 Å². The van der Waals surface area contributed by atoms with Crippen LogP contribution in [0.1, 0.15) is 24.8 Å². The monoisotopic (exact) mass is 248 g/mol. The third-order valence-corrected chi connectivity index (χ3v) is 3.38. The number of hydrogen-bond acceptors (Lipinski definition) is 2. The van der Waals surface area contributed by atoms with Gasteiger partial charge in [0.15, 0.2) is 5.11 Å². The summed E-state index contributed by atoms with van der Waals surface area (Å²) in [7, 11) is 0. The molecule has 0 aliphatic heterocycles. The van der Waals surface area contributed by atoms with Crippen LogP contribution in [0.5, 0.6) is 0 Å². The summed E-state index contributed by atoms with van der Waals surface area (Å²) in [5.74, 6) is 0. The van der Waals surface area contributed by atoms with Crippen molar-refractivity contribution in [1.82, 2.24) is 10.6 Å². The predicted octanol–water partition coefficient (Wildman–Crippen LogP) is 2.95. The molecule has 0 aromatic carbocycles. The van der Waals surface area contributed by atoms with Crippen LogP contribution in [-0.2, 0) is 0 Å². The van der Waals surface area contributed by atoms with E-state index in [-0.39, 0.29) is 6.04 Å². The fourth-order valence-corrected chi connectivity index (χ4v) is 2.42. The number of hydrogen-bond donors (Lipinski definition) is 2. The van der Waals surface area contributed by atoms with Gasteiger partial charge in [-0.3, -0.25) is 0 Å². The normalized spacial score (nSPS) is 12.2. The standard InChI is InChI=1S/C9H13ClN2S2/c1-3-11-9(13)12-6(2)7-4-5-8(10)14-7/h4-6H,3H2,1-2H3,(H2,11,12,13). The highest BCUT2D eigenvalue weighted by molar-refractivity contribution is 7.80. The van der Waals surface area contributed by atoms with Crippen LogP contribution in [0.15, 0.2) is 12.1 Å². The summed E-state index contributed by atoms with van der Waals surface area (Å²) in [6.07, 6.45) is 0. The summed E-state index contributed by atoms with van der Waals surface area (Å²) in [6.45, 7) is 4.91. The average molecular weight is 249 g/mol. The minimum atomic E-state index is 0.207. The molecular formula is C9H13ClN2S2. The lowest BCUT2D eigenvalue weighted by molar-refractivity contribution is 0.715. The van der Waals surface area contributed by atoms with Crippen molar-refractivity contribution in [2.24, 2.45) is 0 Å². The number of thiophene rings is 1. The van der Waals surface area contributed by atoms with Crippen LogP contribution < -0.4 is 10.6 Å². The van der Waals surface area contributed by atoms with Crippen molar-refractivity contribution in [3.8, 4) is 0 Å². The highest BCUT2D eigenvalue weighted by atomic mass is 35.5. The first-order chi connectivity index (χ1) is 6.63. The van der Waals surface area contributed by atoms with E-state index in [1.54, 1.807) is 11.3 Å². The molecule has 1 unspecified atom stereocenters. The Kier molecular flexibility index (Phi) is 4.65. The van der Waals surface area contributed by atoms with Gasteiger partial charge in [0.2, 0.25) is 0 Å². The van der Waals surface area contributed by atoms with Gasteiger partial charge in [-0.25, -0.2) is 0 Å². The molecule has 0 bridgehead atoms. The van der Waals surface area contributed by atoms with Crippen LogP contribution in [-0.4, -0.2) is 11.7 Å². The van der Waals surface area contributed by atoms with Gasteiger partial charge >= 0.3 is 0 Å². The van der Waals surface area contributed by atoms with E-state index < -0.39 is 0 Å². The zero-order valence-electron chi connectivity index (χ0n) is 8.13. The quantitative estimate of drug-likeness (QED) is 0.805. The Morgan fingerprint density at radius 3 is 2.86 bits per heavy atom. The zero-order valence-corrected chi connectivity index (χ0v) is 10.5. The number of nitrogens with one attached hydrogen (secondary N) is 2. The lowest BCUT2D eigenvalue weighted by Gasteiger charge is -2.14. The zero-order chi connectivity index (χ0) is 10.6. The molecule has 0 amide bonds. The molecule has 0 aliphatic rings. The van der Waals surface area contributed by atoms with Crippen molar-refractivity contribution >= 4 is 40.3 Å². The summed E-state index contributed by atoms with van der Waals surface area (Å²) in [4.78, 5) is 1.19. The molecule has 0 saturated heterocycles. The third kappa shape index (κ3) is 3.44. The maximum atomic E-state index is 5.84. The Hall–Kier alpha value is -0.320. The Bertz CT molecular complexity index is 312. The Balaban J connectivity index is 2.50. The second kappa shape index (κ2) is 5.53. The SMILES string of the molecule is CCNC(=S)NC(C)c1ccc(Cl)s1. The number of halogens is 1. The molecule has 1 aromatic heterocycles. The molecule has 2 N–H and O–H groups in total. The van der Waals surface area contributed by atoms with Crippen LogP contribution in [0, 0.1) is 0 Å².